The molecule has 2 heterocycles. The Hall–Kier alpha value is -3.06. The highest BCUT2D eigenvalue weighted by molar-refractivity contribution is 5.70. The Balaban J connectivity index is 1.85. The maximum Gasteiger partial charge on any atom is 0.306 e. The van der Waals surface area contributed by atoms with Gasteiger partial charge in [0.15, 0.2) is 18.7 Å². The Morgan fingerprint density at radius 3 is 1.50 bits per heavy atom. The molecule has 11 atom stereocenters. The lowest BCUT2D eigenvalue weighted by Gasteiger charge is -2.42. The van der Waals surface area contributed by atoms with E-state index in [4.69, 9.17) is 28.4 Å². The molecule has 0 aliphatic carbocycles. The second-order valence-electron chi connectivity index (χ2n) is 17.6. The van der Waals surface area contributed by atoms with Gasteiger partial charge in [-0.25, -0.2) is 0 Å². The first-order valence-electron chi connectivity index (χ1n) is 25.5. The molecule has 0 radical (unpaired) electrons. The van der Waals surface area contributed by atoms with Crippen molar-refractivity contribution in [2.24, 2.45) is 0 Å². The lowest BCUT2D eigenvalue weighted by Crippen LogP contribution is -2.61. The van der Waals surface area contributed by atoms with Crippen molar-refractivity contribution >= 4 is 11.9 Å². The van der Waals surface area contributed by atoms with E-state index >= 15 is 0 Å². The van der Waals surface area contributed by atoms with Gasteiger partial charge in [-0.15, -0.1) is 0 Å². The first-order chi connectivity index (χ1) is 33.0. The third-order valence-corrected chi connectivity index (χ3v) is 11.7. The van der Waals surface area contributed by atoms with Crippen LogP contribution in [0.1, 0.15) is 155 Å². The highest BCUT2D eigenvalue weighted by Gasteiger charge is 2.47. The number of hydrogen-bond donors (Lipinski definition) is 7. The Kier molecular flexibility index (Phi) is 35.6. The van der Waals surface area contributed by atoms with Crippen molar-refractivity contribution in [3.63, 3.8) is 0 Å². The minimum absolute atomic E-state index is 0.101. The Morgan fingerprint density at radius 1 is 0.485 bits per heavy atom. The molecular weight excluding hydrogens is 877 g/mol. The first kappa shape index (κ1) is 61.1. The molecule has 15 nitrogen and oxygen atoms in total. The van der Waals surface area contributed by atoms with E-state index in [0.29, 0.717) is 19.3 Å². The van der Waals surface area contributed by atoms with E-state index in [1.807, 2.05) is 6.08 Å². The zero-order valence-electron chi connectivity index (χ0n) is 41.1. The fourth-order valence-corrected chi connectivity index (χ4v) is 7.48. The quantitative estimate of drug-likeness (QED) is 0.0187. The number of aliphatic hydroxyl groups is 7. The molecule has 2 fully saturated rings. The van der Waals surface area contributed by atoms with Gasteiger partial charge in [0.2, 0.25) is 0 Å². The zero-order valence-corrected chi connectivity index (χ0v) is 41.1. The summed E-state index contributed by atoms with van der Waals surface area (Å²) in [5.41, 5.74) is 0. The molecule has 2 aliphatic rings. The Morgan fingerprint density at radius 2 is 0.941 bits per heavy atom. The second-order valence-corrected chi connectivity index (χ2v) is 17.6. The molecule has 0 spiro atoms. The van der Waals surface area contributed by atoms with Gasteiger partial charge in [-0.3, -0.25) is 9.59 Å². The van der Waals surface area contributed by atoms with Crippen LogP contribution in [0.5, 0.6) is 0 Å². The summed E-state index contributed by atoms with van der Waals surface area (Å²) >= 11 is 0. The summed E-state index contributed by atoms with van der Waals surface area (Å²) in [6.45, 7) is 2.37. The van der Waals surface area contributed by atoms with Crippen molar-refractivity contribution < 1.29 is 73.8 Å². The van der Waals surface area contributed by atoms with Gasteiger partial charge >= 0.3 is 11.9 Å². The zero-order chi connectivity index (χ0) is 49.6. The molecule has 7 N–H and O–H groups in total. The SMILES string of the molecule is CC/C=C/C/C=C/C/C=C/C/C=C/CCCCC(=O)O[C@@H](COC(=O)CCC/C=C/C/C=C/CCCCCCCCCCC)CO[C@@H]1O[C@H](CO[C@@H]2O[C@H](CO)[C@H](O)C(O)C2O)[C@H](O)C(O)C1O. The summed E-state index contributed by atoms with van der Waals surface area (Å²) in [7, 11) is 0. The van der Waals surface area contributed by atoms with Crippen LogP contribution < -0.4 is 0 Å². The molecule has 390 valence electrons. The summed E-state index contributed by atoms with van der Waals surface area (Å²) < 4.78 is 33.4. The van der Waals surface area contributed by atoms with E-state index in [0.717, 1.165) is 51.4 Å². The van der Waals surface area contributed by atoms with Crippen molar-refractivity contribution in [2.45, 2.75) is 223 Å². The lowest BCUT2D eigenvalue weighted by atomic mass is 9.98. The molecule has 2 saturated heterocycles. The first-order valence-corrected chi connectivity index (χ1v) is 25.5. The number of aliphatic hydroxyl groups excluding tert-OH is 7. The second kappa shape index (κ2) is 39.6. The highest BCUT2D eigenvalue weighted by atomic mass is 16.7. The molecule has 0 aromatic carbocycles. The fourth-order valence-electron chi connectivity index (χ4n) is 7.48. The maximum absolute atomic E-state index is 13.0. The van der Waals surface area contributed by atoms with Crippen LogP contribution in [0.25, 0.3) is 0 Å². The van der Waals surface area contributed by atoms with Crippen LogP contribution in [0, 0.1) is 0 Å². The van der Waals surface area contributed by atoms with E-state index in [1.165, 1.54) is 57.8 Å². The van der Waals surface area contributed by atoms with Gasteiger partial charge in [-0.1, -0.05) is 138 Å². The van der Waals surface area contributed by atoms with Gasteiger partial charge in [-0.2, -0.15) is 0 Å². The minimum Gasteiger partial charge on any atom is -0.462 e. The summed E-state index contributed by atoms with van der Waals surface area (Å²) in [6, 6.07) is 0. The number of hydrogen-bond acceptors (Lipinski definition) is 15. The molecular formula is C53H88O15. The minimum atomic E-state index is -1.78. The third kappa shape index (κ3) is 27.4. The molecule has 2 rings (SSSR count). The topological polar surface area (TPSA) is 231 Å². The number of rotatable bonds is 38. The number of carbonyl (C=O) groups excluding carboxylic acids is 2. The standard InChI is InChI=1S/C53H88O15/c1-3-5-7-9-11-13-15-17-19-20-22-23-25-27-29-31-33-35-44(55)63-38-41(66-45(56)36-34-32-30-28-26-24-21-18-16-14-12-10-8-6-4-2)39-64-52-51(62)49(60)47(58)43(68-52)40-65-53-50(61)48(59)46(57)42(37-54)67-53/h6,8,12,14,18,21-23,26-29,41-43,46-54,57-62H,3-5,7,9-11,13,15-17,19-20,24-25,30-40H2,1-2H3/b8-6+,14-12+,21-18+,23-22+,28-26+,29-27+/t41-,42+,43+,46-,47-,48?,49?,50?,51?,52+,53+/m0/s1. The molecule has 2 aliphatic heterocycles. The van der Waals surface area contributed by atoms with Crippen molar-refractivity contribution in [1.82, 2.24) is 0 Å². The van der Waals surface area contributed by atoms with Gasteiger partial charge in [0.25, 0.3) is 0 Å². The van der Waals surface area contributed by atoms with E-state index < -0.39 is 99.3 Å². The molecule has 0 aromatic heterocycles. The normalized spacial score (nSPS) is 26.4. The number of unbranched alkanes of at least 4 members (excludes halogenated alkanes) is 12. The average Bonchev–Trinajstić information content (AvgIpc) is 3.33. The Labute approximate surface area is 406 Å². The number of esters is 2. The van der Waals surface area contributed by atoms with Crippen LogP contribution in [0.2, 0.25) is 0 Å². The molecule has 0 aromatic rings. The monoisotopic (exact) mass is 965 g/mol. The van der Waals surface area contributed by atoms with Gasteiger partial charge < -0.3 is 64.2 Å². The molecule has 0 saturated carbocycles. The number of allylic oxidation sites excluding steroid dienone is 12. The fraction of sp³-hybridized carbons (Fsp3) is 0.736. The van der Waals surface area contributed by atoms with Crippen LogP contribution >= 0.6 is 0 Å². The van der Waals surface area contributed by atoms with E-state index in [9.17, 15) is 45.3 Å². The predicted molar refractivity (Wildman–Crippen MR) is 261 cm³/mol. The summed E-state index contributed by atoms with van der Waals surface area (Å²) in [5.74, 6) is -1.03. The highest BCUT2D eigenvalue weighted by Crippen LogP contribution is 2.26. The van der Waals surface area contributed by atoms with Crippen LogP contribution in [-0.4, -0.2) is 142 Å². The van der Waals surface area contributed by atoms with Crippen molar-refractivity contribution in [3.8, 4) is 0 Å². The van der Waals surface area contributed by atoms with Crippen LogP contribution in [0.3, 0.4) is 0 Å². The third-order valence-electron chi connectivity index (χ3n) is 11.7. The molecule has 4 unspecified atom stereocenters. The average molecular weight is 965 g/mol. The van der Waals surface area contributed by atoms with E-state index in [-0.39, 0.29) is 19.4 Å². The largest absolute Gasteiger partial charge is 0.462 e. The van der Waals surface area contributed by atoms with Crippen LogP contribution in [0.4, 0.5) is 0 Å². The summed E-state index contributed by atoms with van der Waals surface area (Å²) in [5, 5.41) is 72.0. The molecule has 0 amide bonds. The number of carbonyl (C=O) groups is 2. The van der Waals surface area contributed by atoms with Crippen molar-refractivity contribution in [1.29, 1.82) is 0 Å². The van der Waals surface area contributed by atoms with Crippen molar-refractivity contribution in [2.75, 3.05) is 26.4 Å². The molecule has 68 heavy (non-hydrogen) atoms. The van der Waals surface area contributed by atoms with E-state index in [2.05, 4.69) is 80.7 Å². The van der Waals surface area contributed by atoms with Crippen molar-refractivity contribution in [3.05, 3.63) is 72.9 Å². The van der Waals surface area contributed by atoms with Gasteiger partial charge in [-0.05, 0) is 77.0 Å². The lowest BCUT2D eigenvalue weighted by molar-refractivity contribution is -0.332. The summed E-state index contributed by atoms with van der Waals surface area (Å²) in [6.07, 6.45) is 29.5. The predicted octanol–water partition coefficient (Wildman–Crippen LogP) is 7.04. The van der Waals surface area contributed by atoms with Crippen LogP contribution in [0.15, 0.2) is 72.9 Å². The Bertz CT molecular complexity index is 1460. The van der Waals surface area contributed by atoms with Gasteiger partial charge in [0, 0.05) is 12.8 Å². The molecule has 15 heteroatoms. The van der Waals surface area contributed by atoms with Crippen LogP contribution in [-0.2, 0) is 38.0 Å². The summed E-state index contributed by atoms with van der Waals surface area (Å²) in [4.78, 5) is 25.7. The van der Waals surface area contributed by atoms with Gasteiger partial charge in [0.1, 0.15) is 55.4 Å². The smallest absolute Gasteiger partial charge is 0.306 e. The number of ether oxygens (including phenoxy) is 6. The maximum atomic E-state index is 13.0. The van der Waals surface area contributed by atoms with Gasteiger partial charge in [0.05, 0.1) is 19.8 Å². The molecule has 0 bridgehead atoms. The van der Waals surface area contributed by atoms with E-state index in [1.54, 1.807) is 0 Å².